The molecule has 1 aliphatic heterocycles. The van der Waals surface area contributed by atoms with Crippen molar-refractivity contribution < 1.29 is 59.7 Å². The van der Waals surface area contributed by atoms with E-state index >= 15 is 4.39 Å². The van der Waals surface area contributed by atoms with Crippen LogP contribution in [0.5, 0.6) is 0 Å². The van der Waals surface area contributed by atoms with Gasteiger partial charge in [0.25, 0.3) is 5.91 Å². The third kappa shape index (κ3) is 6.07. The van der Waals surface area contributed by atoms with Gasteiger partial charge in [-0.2, -0.15) is 0 Å². The summed E-state index contributed by atoms with van der Waals surface area (Å²) in [5, 5.41) is 13.9. The van der Waals surface area contributed by atoms with Crippen molar-refractivity contribution in [3.05, 3.63) is 71.7 Å². The van der Waals surface area contributed by atoms with Crippen molar-refractivity contribution in [1.82, 2.24) is 15.5 Å². The first-order valence-electron chi connectivity index (χ1n) is 9.81. The summed E-state index contributed by atoms with van der Waals surface area (Å²) in [6, 6.07) is 9.53. The minimum Gasteiger partial charge on any atom is -1.00 e. The number of ketones is 1. The molecule has 0 fully saturated rings. The molecule has 168 valence electrons. The molecular weight excluding hydrogens is 440 g/mol. The first kappa shape index (κ1) is 26.2. The standard InChI is InChI=1S/C23H22FN3O5.Na.H/c1-13-11-18(28)21(22(31)27(13)2)26-23(32)25-17(12-19(29)30)16-10-6-9-15(20(16)24)14-7-4-3-5-8-14;;/h3-11,17,21H,12H2,1-2H3,(H,29,30)(H2,25,26,32);;/q;+1;-1/t17-,21?;;/m0../s1. The summed E-state index contributed by atoms with van der Waals surface area (Å²) in [6.45, 7) is 1.58. The van der Waals surface area contributed by atoms with Crippen molar-refractivity contribution in [2.24, 2.45) is 0 Å². The molecule has 0 saturated heterocycles. The molecule has 2 aromatic carbocycles. The van der Waals surface area contributed by atoms with Crippen LogP contribution in [0.2, 0.25) is 0 Å². The number of likely N-dealkylation sites (N-methyl/N-ethyl adjacent to an activating group) is 1. The summed E-state index contributed by atoms with van der Waals surface area (Å²) in [4.78, 5) is 49.7. The fraction of sp³-hybridized carbons (Fsp3) is 0.217. The Kier molecular flexibility index (Phi) is 8.92. The van der Waals surface area contributed by atoms with Crippen LogP contribution >= 0.6 is 0 Å². The predicted molar refractivity (Wildman–Crippen MR) is 115 cm³/mol. The van der Waals surface area contributed by atoms with Gasteiger partial charge in [-0.3, -0.25) is 14.4 Å². The number of hydrogen-bond acceptors (Lipinski definition) is 4. The second-order valence-corrected chi connectivity index (χ2v) is 7.36. The fourth-order valence-corrected chi connectivity index (χ4v) is 3.41. The third-order valence-electron chi connectivity index (χ3n) is 5.19. The van der Waals surface area contributed by atoms with Crippen LogP contribution < -0.4 is 40.2 Å². The SMILES string of the molecule is CC1=CC(=O)C(NC(=O)N[C@@H](CC(=O)O)c2cccc(-c3ccccc3)c2F)C(=O)N1C.[H-].[Na+]. The number of halogens is 1. The van der Waals surface area contributed by atoms with Crippen molar-refractivity contribution in [2.45, 2.75) is 25.4 Å². The molecule has 8 nitrogen and oxygen atoms in total. The van der Waals surface area contributed by atoms with E-state index in [9.17, 15) is 24.3 Å². The van der Waals surface area contributed by atoms with E-state index in [0.717, 1.165) is 0 Å². The molecule has 0 saturated carbocycles. The molecule has 0 radical (unpaired) electrons. The fourth-order valence-electron chi connectivity index (χ4n) is 3.41. The molecular formula is C23H23FN3NaO5. The maximum absolute atomic E-state index is 15.3. The molecule has 1 aliphatic rings. The molecule has 3 N–H and O–H groups in total. The molecule has 3 rings (SSSR count). The van der Waals surface area contributed by atoms with Crippen LogP contribution in [0.15, 0.2) is 60.3 Å². The predicted octanol–water partition coefficient (Wildman–Crippen LogP) is -0.262. The topological polar surface area (TPSA) is 116 Å². The van der Waals surface area contributed by atoms with Crippen LogP contribution in [0, 0.1) is 5.82 Å². The van der Waals surface area contributed by atoms with E-state index in [-0.39, 0.29) is 42.1 Å². The van der Waals surface area contributed by atoms with Crippen molar-refractivity contribution in [3.63, 3.8) is 0 Å². The number of hydrogen-bond donors (Lipinski definition) is 3. The number of carboxylic acids is 1. The van der Waals surface area contributed by atoms with Gasteiger partial charge in [-0.05, 0) is 12.5 Å². The Labute approximate surface area is 213 Å². The molecule has 0 spiro atoms. The van der Waals surface area contributed by atoms with Gasteiger partial charge >= 0.3 is 41.6 Å². The summed E-state index contributed by atoms with van der Waals surface area (Å²) >= 11 is 0. The van der Waals surface area contributed by atoms with E-state index in [2.05, 4.69) is 10.6 Å². The number of amides is 3. The van der Waals surface area contributed by atoms with E-state index in [1.165, 1.54) is 24.1 Å². The minimum atomic E-state index is -1.45. The van der Waals surface area contributed by atoms with Crippen molar-refractivity contribution >= 4 is 23.7 Å². The van der Waals surface area contributed by atoms with Crippen LogP contribution in [0.4, 0.5) is 9.18 Å². The van der Waals surface area contributed by atoms with E-state index < -0.39 is 48.0 Å². The number of urea groups is 1. The summed E-state index contributed by atoms with van der Waals surface area (Å²) in [6.07, 6.45) is 0.623. The third-order valence-corrected chi connectivity index (χ3v) is 5.19. The molecule has 33 heavy (non-hydrogen) atoms. The van der Waals surface area contributed by atoms with Crippen LogP contribution in [-0.2, 0) is 14.4 Å². The Morgan fingerprint density at radius 1 is 1.15 bits per heavy atom. The average molecular weight is 463 g/mol. The Balaban J connectivity index is 0.00000289. The van der Waals surface area contributed by atoms with Gasteiger partial charge in [0.15, 0.2) is 11.8 Å². The van der Waals surface area contributed by atoms with Gasteiger partial charge in [0.2, 0.25) is 0 Å². The zero-order chi connectivity index (χ0) is 23.4. The Morgan fingerprint density at radius 2 is 1.82 bits per heavy atom. The second kappa shape index (κ2) is 11.2. The van der Waals surface area contributed by atoms with Crippen LogP contribution in [0.3, 0.4) is 0 Å². The number of nitrogens with zero attached hydrogens (tertiary/aromatic N) is 1. The van der Waals surface area contributed by atoms with Crippen LogP contribution in [0.1, 0.15) is 26.4 Å². The quantitative estimate of drug-likeness (QED) is 0.403. The molecule has 1 heterocycles. The monoisotopic (exact) mass is 463 g/mol. The van der Waals surface area contributed by atoms with E-state index in [4.69, 9.17) is 0 Å². The smallest absolute Gasteiger partial charge is 1.00 e. The van der Waals surface area contributed by atoms with Gasteiger partial charge < -0.3 is 22.1 Å². The van der Waals surface area contributed by atoms with Crippen molar-refractivity contribution in [2.75, 3.05) is 7.05 Å². The number of nitrogens with one attached hydrogen (secondary N) is 2. The zero-order valence-electron chi connectivity index (χ0n) is 19.5. The maximum Gasteiger partial charge on any atom is 1.00 e. The molecule has 2 atom stereocenters. The molecule has 0 aliphatic carbocycles. The molecule has 2 aromatic rings. The van der Waals surface area contributed by atoms with E-state index in [0.29, 0.717) is 11.3 Å². The molecule has 1 unspecified atom stereocenters. The van der Waals surface area contributed by atoms with Crippen molar-refractivity contribution in [1.29, 1.82) is 0 Å². The summed E-state index contributed by atoms with van der Waals surface area (Å²) in [5.74, 6) is -3.17. The Morgan fingerprint density at radius 3 is 2.45 bits per heavy atom. The zero-order valence-corrected chi connectivity index (χ0v) is 20.5. The van der Waals surface area contributed by atoms with Gasteiger partial charge in [-0.15, -0.1) is 0 Å². The Hall–Kier alpha value is -3.01. The minimum absolute atomic E-state index is 0. The van der Waals surface area contributed by atoms with Gasteiger partial charge in [0, 0.05) is 29.9 Å². The van der Waals surface area contributed by atoms with E-state index in [1.54, 1.807) is 49.4 Å². The number of rotatable bonds is 6. The normalized spacial score (nSPS) is 16.4. The number of carbonyl (C=O) groups excluding carboxylic acids is 3. The molecule has 0 bridgehead atoms. The molecule has 10 heteroatoms. The largest absolute Gasteiger partial charge is 1.00 e. The summed E-state index contributed by atoms with van der Waals surface area (Å²) < 4.78 is 15.3. The molecule has 0 aromatic heterocycles. The van der Waals surface area contributed by atoms with E-state index in [1.807, 2.05) is 0 Å². The number of aliphatic carboxylic acids is 1. The second-order valence-electron chi connectivity index (χ2n) is 7.36. The first-order valence-corrected chi connectivity index (χ1v) is 9.81. The number of allylic oxidation sites excluding steroid dienone is 1. The first-order chi connectivity index (χ1) is 15.2. The van der Waals surface area contributed by atoms with Gasteiger partial charge in [-0.1, -0.05) is 48.5 Å². The summed E-state index contributed by atoms with van der Waals surface area (Å²) in [7, 11) is 1.46. The molecule has 3 amide bonds. The average Bonchev–Trinajstić information content (AvgIpc) is 2.75. The van der Waals surface area contributed by atoms with Crippen molar-refractivity contribution in [3.8, 4) is 11.1 Å². The van der Waals surface area contributed by atoms with Gasteiger partial charge in [-0.25, -0.2) is 9.18 Å². The Bertz CT molecular complexity index is 1110. The van der Waals surface area contributed by atoms with Crippen LogP contribution in [-0.4, -0.2) is 46.8 Å². The maximum atomic E-state index is 15.3. The summed E-state index contributed by atoms with van der Waals surface area (Å²) in [5.41, 5.74) is 1.25. The van der Waals surface area contributed by atoms with Gasteiger partial charge in [0.05, 0.1) is 12.5 Å². The number of carboxylic acid groups (broad SMARTS) is 1. The van der Waals surface area contributed by atoms with Gasteiger partial charge in [0.1, 0.15) is 5.82 Å². The number of carbonyl (C=O) groups is 4. The van der Waals surface area contributed by atoms with Crippen LogP contribution in [0.25, 0.3) is 11.1 Å². The number of benzene rings is 2.